The number of rotatable bonds is 10. The highest BCUT2D eigenvalue weighted by atomic mass is 19.3. The fourth-order valence-corrected chi connectivity index (χ4v) is 3.29. The van der Waals surface area contributed by atoms with Gasteiger partial charge in [0, 0.05) is 23.6 Å². The maximum atomic E-state index is 12.9. The van der Waals surface area contributed by atoms with Crippen molar-refractivity contribution in [1.29, 1.82) is 0 Å². The van der Waals surface area contributed by atoms with Crippen LogP contribution in [0.5, 0.6) is 11.5 Å². The summed E-state index contributed by atoms with van der Waals surface area (Å²) in [7, 11) is 0. The first kappa shape index (κ1) is 24.8. The highest BCUT2D eigenvalue weighted by molar-refractivity contribution is 5.95. The minimum absolute atomic E-state index is 0.0616. The fraction of sp³-hybridized carbons (Fsp3) is 0.333. The van der Waals surface area contributed by atoms with Gasteiger partial charge < -0.3 is 20.5 Å². The van der Waals surface area contributed by atoms with E-state index in [1.165, 1.54) is 10.7 Å². The number of hydrogen-bond donors (Lipinski definition) is 2. The zero-order valence-corrected chi connectivity index (χ0v) is 18.6. The van der Waals surface area contributed by atoms with Crippen molar-refractivity contribution in [3.8, 4) is 17.3 Å². The van der Waals surface area contributed by atoms with Gasteiger partial charge in [-0.05, 0) is 31.9 Å². The van der Waals surface area contributed by atoms with E-state index in [-0.39, 0.29) is 28.8 Å². The summed E-state index contributed by atoms with van der Waals surface area (Å²) in [6.07, 6.45) is 2.88. The number of primary amides is 1. The van der Waals surface area contributed by atoms with E-state index in [1.807, 2.05) is 0 Å². The zero-order valence-electron chi connectivity index (χ0n) is 18.6. The Labute approximate surface area is 200 Å². The number of ether oxygens (including phenoxy) is 2. The Hall–Kier alpha value is -4.30. The summed E-state index contributed by atoms with van der Waals surface area (Å²) < 4.78 is 60.5. The fourth-order valence-electron chi connectivity index (χ4n) is 3.29. The third kappa shape index (κ3) is 5.84. The molecule has 1 fully saturated rings. The largest absolute Gasteiger partial charge is 0.435 e. The number of halogens is 4. The summed E-state index contributed by atoms with van der Waals surface area (Å²) in [6.45, 7) is -4.93. The van der Waals surface area contributed by atoms with Crippen LogP contribution in [0.15, 0.2) is 30.6 Å². The predicted molar refractivity (Wildman–Crippen MR) is 113 cm³/mol. The van der Waals surface area contributed by atoms with Crippen LogP contribution in [0, 0.1) is 0 Å². The van der Waals surface area contributed by atoms with E-state index in [1.54, 1.807) is 6.92 Å². The maximum absolute atomic E-state index is 12.9. The molecule has 36 heavy (non-hydrogen) atoms. The quantitative estimate of drug-likeness (QED) is 0.397. The van der Waals surface area contributed by atoms with Gasteiger partial charge in [0.1, 0.15) is 23.5 Å². The number of nitrogens with two attached hydrogens (primary N) is 1. The van der Waals surface area contributed by atoms with Crippen molar-refractivity contribution < 1.29 is 36.6 Å². The highest BCUT2D eigenvalue weighted by Crippen LogP contribution is 2.38. The van der Waals surface area contributed by atoms with Crippen LogP contribution < -0.4 is 20.5 Å². The smallest absolute Gasteiger partial charge is 0.387 e. The molecule has 1 aromatic carbocycles. The molecule has 1 saturated carbocycles. The van der Waals surface area contributed by atoms with Crippen molar-refractivity contribution in [1.82, 2.24) is 30.0 Å². The van der Waals surface area contributed by atoms with Gasteiger partial charge in [-0.25, -0.2) is 15.0 Å². The number of carbonyl (C=O) groups is 2. The molecule has 3 N–H and O–H groups in total. The van der Waals surface area contributed by atoms with Gasteiger partial charge in [0.25, 0.3) is 11.8 Å². The zero-order chi connectivity index (χ0) is 26.0. The van der Waals surface area contributed by atoms with Crippen molar-refractivity contribution in [2.75, 3.05) is 0 Å². The summed E-state index contributed by atoms with van der Waals surface area (Å²) in [6, 6.07) is 3.20. The Morgan fingerprint density at radius 1 is 1.06 bits per heavy atom. The molecule has 15 heteroatoms. The van der Waals surface area contributed by atoms with Crippen LogP contribution in [0.25, 0.3) is 5.82 Å². The molecule has 0 unspecified atom stereocenters. The molecule has 1 aliphatic rings. The Bertz CT molecular complexity index is 1250. The second-order valence-corrected chi connectivity index (χ2v) is 7.79. The lowest BCUT2D eigenvalue weighted by Gasteiger charge is -2.16. The molecule has 1 atom stereocenters. The van der Waals surface area contributed by atoms with E-state index < -0.39 is 42.6 Å². The van der Waals surface area contributed by atoms with Crippen LogP contribution in [0.3, 0.4) is 0 Å². The number of alkyl halides is 4. The van der Waals surface area contributed by atoms with Crippen molar-refractivity contribution >= 4 is 11.8 Å². The lowest BCUT2D eigenvalue weighted by molar-refractivity contribution is -0.0543. The van der Waals surface area contributed by atoms with E-state index in [4.69, 9.17) is 5.73 Å². The first-order valence-electron chi connectivity index (χ1n) is 10.6. The molecule has 2 aromatic heterocycles. The predicted octanol–water partition coefficient (Wildman–Crippen LogP) is 2.73. The molecule has 11 nitrogen and oxygen atoms in total. The third-order valence-corrected chi connectivity index (χ3v) is 5.04. The van der Waals surface area contributed by atoms with Crippen molar-refractivity contribution in [3.63, 3.8) is 0 Å². The van der Waals surface area contributed by atoms with Gasteiger partial charge in [0.2, 0.25) is 0 Å². The molecule has 1 aliphatic carbocycles. The molecular formula is C21H19F4N7O4. The molecule has 190 valence electrons. The summed E-state index contributed by atoms with van der Waals surface area (Å²) in [5.41, 5.74) is 4.95. The second kappa shape index (κ2) is 10.1. The van der Waals surface area contributed by atoms with E-state index in [0.29, 0.717) is 5.82 Å². The molecule has 0 aliphatic heterocycles. The normalized spacial score (nSPS) is 14.1. The number of benzene rings is 1. The maximum Gasteiger partial charge on any atom is 0.387 e. The number of nitrogens with zero attached hydrogens (tertiary/aromatic N) is 5. The van der Waals surface area contributed by atoms with E-state index >= 15 is 0 Å². The van der Waals surface area contributed by atoms with Crippen LogP contribution in [-0.4, -0.2) is 49.8 Å². The average molecular weight is 509 g/mol. The Kier molecular flexibility index (Phi) is 6.98. The average Bonchev–Trinajstić information content (AvgIpc) is 3.56. The molecular weight excluding hydrogens is 490 g/mol. The first-order chi connectivity index (χ1) is 17.1. The van der Waals surface area contributed by atoms with Gasteiger partial charge in [0.05, 0.1) is 6.04 Å². The molecule has 3 aromatic rings. The second-order valence-electron chi connectivity index (χ2n) is 7.79. The lowest BCUT2D eigenvalue weighted by atomic mass is 10.1. The van der Waals surface area contributed by atoms with Gasteiger partial charge in [-0.3, -0.25) is 9.59 Å². The van der Waals surface area contributed by atoms with Crippen LogP contribution in [0.1, 0.15) is 64.2 Å². The highest BCUT2D eigenvalue weighted by Gasteiger charge is 2.31. The first-order valence-corrected chi connectivity index (χ1v) is 10.6. The van der Waals surface area contributed by atoms with Gasteiger partial charge in [-0.2, -0.15) is 22.2 Å². The molecule has 0 spiro atoms. The summed E-state index contributed by atoms with van der Waals surface area (Å²) in [5.74, 6) is -1.63. The minimum Gasteiger partial charge on any atom is -0.435 e. The van der Waals surface area contributed by atoms with Crippen LogP contribution >= 0.6 is 0 Å². The van der Waals surface area contributed by atoms with E-state index in [9.17, 15) is 27.2 Å². The van der Waals surface area contributed by atoms with Crippen LogP contribution in [-0.2, 0) is 0 Å². The number of aromatic nitrogens is 5. The minimum atomic E-state index is -3.25. The Morgan fingerprint density at radius 2 is 1.69 bits per heavy atom. The molecule has 0 radical (unpaired) electrons. The van der Waals surface area contributed by atoms with Crippen molar-refractivity contribution in [2.45, 2.75) is 44.9 Å². The van der Waals surface area contributed by atoms with E-state index in [0.717, 1.165) is 37.4 Å². The molecule has 2 amide bonds. The Morgan fingerprint density at radius 3 is 2.25 bits per heavy atom. The number of nitrogens with one attached hydrogen (secondary N) is 1. The van der Waals surface area contributed by atoms with Crippen LogP contribution in [0.4, 0.5) is 17.6 Å². The third-order valence-electron chi connectivity index (χ3n) is 5.04. The summed E-state index contributed by atoms with van der Waals surface area (Å²) in [4.78, 5) is 36.8. The van der Waals surface area contributed by atoms with Crippen LogP contribution in [0.2, 0.25) is 0 Å². The van der Waals surface area contributed by atoms with Gasteiger partial charge in [-0.1, -0.05) is 0 Å². The van der Waals surface area contributed by atoms with Gasteiger partial charge in [-0.15, -0.1) is 5.10 Å². The SMILES string of the molecule is C[C@H](NC(=O)c1cc(OC(F)F)cc(OC(F)F)c1)c1nc(C2CC2)nn1-c1cc(C(N)=O)ncn1. The topological polar surface area (TPSA) is 147 Å². The molecule has 4 rings (SSSR count). The molecule has 0 saturated heterocycles. The van der Waals surface area contributed by atoms with Gasteiger partial charge >= 0.3 is 13.2 Å². The molecule has 2 heterocycles. The van der Waals surface area contributed by atoms with Crippen molar-refractivity contribution in [2.24, 2.45) is 5.73 Å². The molecule has 0 bridgehead atoms. The van der Waals surface area contributed by atoms with Crippen molar-refractivity contribution in [3.05, 3.63) is 53.5 Å². The number of amides is 2. The number of hydrogen-bond acceptors (Lipinski definition) is 8. The Balaban J connectivity index is 1.63. The lowest BCUT2D eigenvalue weighted by Crippen LogP contribution is -2.29. The summed E-state index contributed by atoms with van der Waals surface area (Å²) in [5, 5.41) is 7.05. The number of carbonyl (C=O) groups excluding carboxylic acids is 2. The standard InChI is InChI=1S/C21H19F4N7O4/c1-9(29-19(34)11-4-12(35-20(22)23)6-13(5-11)36-21(24)25)18-30-17(10-2-3-10)31-32(18)15-7-14(16(26)33)27-8-28-15/h4-10,20-21H,2-3H2,1H3,(H2,26,33)(H,29,34)/t9-/m0/s1. The monoisotopic (exact) mass is 509 g/mol. The van der Waals surface area contributed by atoms with Gasteiger partial charge in [0.15, 0.2) is 17.5 Å². The van der Waals surface area contributed by atoms with E-state index in [2.05, 4.69) is 34.8 Å². The summed E-state index contributed by atoms with van der Waals surface area (Å²) >= 11 is 0.